The summed E-state index contributed by atoms with van der Waals surface area (Å²) in [6.07, 6.45) is -1.05. The van der Waals surface area contributed by atoms with E-state index >= 15 is 0 Å². The summed E-state index contributed by atoms with van der Waals surface area (Å²) < 4.78 is 19.3. The van der Waals surface area contributed by atoms with E-state index in [0.29, 0.717) is 21.9 Å². The summed E-state index contributed by atoms with van der Waals surface area (Å²) in [5.41, 5.74) is 0.834. The first-order chi connectivity index (χ1) is 9.02. The number of hydrogen-bond donors (Lipinski definition) is 1. The molecule has 1 atom stereocenters. The lowest BCUT2D eigenvalue weighted by atomic mass is 10.0. The van der Waals surface area contributed by atoms with Crippen LogP contribution in [-0.2, 0) is 0 Å². The number of rotatable bonds is 3. The molecule has 0 fully saturated rings. The predicted molar refractivity (Wildman–Crippen MR) is 76.2 cm³/mol. The topological polar surface area (TPSA) is 29.5 Å². The molecule has 5 heteroatoms. The highest BCUT2D eigenvalue weighted by Crippen LogP contribution is 2.35. The Kier molecular flexibility index (Phi) is 4.45. The van der Waals surface area contributed by atoms with Crippen LogP contribution in [0.25, 0.3) is 0 Å². The van der Waals surface area contributed by atoms with E-state index in [1.807, 2.05) is 0 Å². The van der Waals surface area contributed by atoms with Crippen LogP contribution in [0.3, 0.4) is 0 Å². The van der Waals surface area contributed by atoms with Crippen LogP contribution in [0.4, 0.5) is 4.39 Å². The largest absolute Gasteiger partial charge is 0.496 e. The van der Waals surface area contributed by atoms with E-state index in [1.54, 1.807) is 18.2 Å². The van der Waals surface area contributed by atoms with Crippen molar-refractivity contribution in [2.24, 2.45) is 0 Å². The summed E-state index contributed by atoms with van der Waals surface area (Å²) >= 11 is 9.31. The highest BCUT2D eigenvalue weighted by Gasteiger charge is 2.18. The molecule has 0 aliphatic carbocycles. The maximum atomic E-state index is 13.3. The van der Waals surface area contributed by atoms with Crippen LogP contribution in [0.5, 0.6) is 5.75 Å². The predicted octanol–water partition coefficient (Wildman–Crippen LogP) is 4.33. The Balaban J connectivity index is 2.49. The smallest absolute Gasteiger partial charge is 0.126 e. The van der Waals surface area contributed by atoms with E-state index in [1.165, 1.54) is 25.3 Å². The zero-order chi connectivity index (χ0) is 14.0. The van der Waals surface area contributed by atoms with Gasteiger partial charge in [0.15, 0.2) is 0 Å². The molecule has 0 heterocycles. The van der Waals surface area contributed by atoms with E-state index in [4.69, 9.17) is 16.3 Å². The van der Waals surface area contributed by atoms with Crippen LogP contribution in [0.15, 0.2) is 40.9 Å². The quantitative estimate of drug-likeness (QED) is 0.897. The van der Waals surface area contributed by atoms with Crippen LogP contribution >= 0.6 is 27.5 Å². The van der Waals surface area contributed by atoms with Gasteiger partial charge in [-0.3, -0.25) is 0 Å². The third-order valence-corrected chi connectivity index (χ3v) is 3.58. The van der Waals surface area contributed by atoms with Crippen molar-refractivity contribution in [3.63, 3.8) is 0 Å². The van der Waals surface area contributed by atoms with Crippen LogP contribution in [0, 0.1) is 5.82 Å². The standard InChI is InChI=1S/C14H11BrClFO2/c1-19-13-6-8(15)2-4-10(13)14(18)11-7-9(17)3-5-12(11)16/h2-7,14,18H,1H3. The third-order valence-electron chi connectivity index (χ3n) is 2.74. The molecule has 100 valence electrons. The summed E-state index contributed by atoms with van der Waals surface area (Å²) in [6, 6.07) is 9.08. The van der Waals surface area contributed by atoms with Crippen LogP contribution < -0.4 is 4.74 Å². The van der Waals surface area contributed by atoms with E-state index in [9.17, 15) is 9.50 Å². The molecule has 2 nitrogen and oxygen atoms in total. The van der Waals surface area contributed by atoms with Crippen molar-refractivity contribution < 1.29 is 14.2 Å². The Labute approximate surface area is 123 Å². The SMILES string of the molecule is COc1cc(Br)ccc1C(O)c1cc(F)ccc1Cl. The summed E-state index contributed by atoms with van der Waals surface area (Å²) in [5.74, 6) is 0.0525. The molecule has 2 aromatic rings. The molecule has 2 rings (SSSR count). The van der Waals surface area contributed by atoms with Crippen molar-refractivity contribution in [3.05, 3.63) is 62.8 Å². The monoisotopic (exact) mass is 344 g/mol. The Morgan fingerprint density at radius 1 is 1.21 bits per heavy atom. The van der Waals surface area contributed by atoms with E-state index in [0.717, 1.165) is 4.47 Å². The minimum atomic E-state index is -1.05. The van der Waals surface area contributed by atoms with Crippen molar-refractivity contribution in [2.75, 3.05) is 7.11 Å². The molecule has 2 aromatic carbocycles. The van der Waals surface area contributed by atoms with Crippen molar-refractivity contribution in [1.29, 1.82) is 0 Å². The minimum Gasteiger partial charge on any atom is -0.496 e. The fourth-order valence-corrected chi connectivity index (χ4v) is 2.36. The lowest BCUT2D eigenvalue weighted by molar-refractivity contribution is 0.214. The van der Waals surface area contributed by atoms with Gasteiger partial charge in [-0.25, -0.2) is 4.39 Å². The molecule has 19 heavy (non-hydrogen) atoms. The molecule has 0 spiro atoms. The van der Waals surface area contributed by atoms with Crippen molar-refractivity contribution in [2.45, 2.75) is 6.10 Å². The van der Waals surface area contributed by atoms with Gasteiger partial charge in [-0.1, -0.05) is 33.6 Å². The van der Waals surface area contributed by atoms with Gasteiger partial charge in [-0.05, 0) is 30.3 Å². The Morgan fingerprint density at radius 2 is 1.95 bits per heavy atom. The average molecular weight is 346 g/mol. The van der Waals surface area contributed by atoms with Crippen LogP contribution in [0.2, 0.25) is 5.02 Å². The average Bonchev–Trinajstić information content (AvgIpc) is 2.40. The number of aliphatic hydroxyl groups excluding tert-OH is 1. The van der Waals surface area contributed by atoms with Gasteiger partial charge in [0.1, 0.15) is 17.7 Å². The molecule has 0 saturated heterocycles. The summed E-state index contributed by atoms with van der Waals surface area (Å²) in [5, 5.41) is 10.7. The van der Waals surface area contributed by atoms with Gasteiger partial charge in [-0.15, -0.1) is 0 Å². The summed E-state index contributed by atoms with van der Waals surface area (Å²) in [7, 11) is 1.51. The third kappa shape index (κ3) is 3.08. The molecule has 0 amide bonds. The normalized spacial score (nSPS) is 12.3. The minimum absolute atomic E-state index is 0.305. The number of ether oxygens (including phenoxy) is 1. The second-order valence-corrected chi connectivity index (χ2v) is 5.28. The highest BCUT2D eigenvalue weighted by atomic mass is 79.9. The maximum Gasteiger partial charge on any atom is 0.126 e. The number of benzene rings is 2. The Bertz CT molecular complexity index is 604. The number of halogens is 3. The van der Waals surface area contributed by atoms with E-state index < -0.39 is 11.9 Å². The number of aliphatic hydroxyl groups is 1. The summed E-state index contributed by atoms with van der Waals surface area (Å²) in [4.78, 5) is 0. The summed E-state index contributed by atoms with van der Waals surface area (Å²) in [6.45, 7) is 0. The van der Waals surface area contributed by atoms with Crippen molar-refractivity contribution in [1.82, 2.24) is 0 Å². The molecule has 0 bridgehead atoms. The second kappa shape index (κ2) is 5.90. The van der Waals surface area contributed by atoms with Gasteiger partial charge in [0.25, 0.3) is 0 Å². The van der Waals surface area contributed by atoms with Gasteiger partial charge in [0.2, 0.25) is 0 Å². The van der Waals surface area contributed by atoms with Gasteiger partial charge in [0, 0.05) is 20.6 Å². The second-order valence-electron chi connectivity index (χ2n) is 3.95. The van der Waals surface area contributed by atoms with Crippen molar-refractivity contribution in [3.8, 4) is 5.75 Å². The fraction of sp³-hybridized carbons (Fsp3) is 0.143. The van der Waals surface area contributed by atoms with E-state index in [2.05, 4.69) is 15.9 Å². The molecular formula is C14H11BrClFO2. The maximum absolute atomic E-state index is 13.3. The first-order valence-electron chi connectivity index (χ1n) is 5.49. The molecular weight excluding hydrogens is 335 g/mol. The number of hydrogen-bond acceptors (Lipinski definition) is 2. The lowest BCUT2D eigenvalue weighted by Gasteiger charge is -2.16. The molecule has 1 N–H and O–H groups in total. The molecule has 0 aromatic heterocycles. The molecule has 0 saturated carbocycles. The van der Waals surface area contributed by atoms with Gasteiger partial charge in [0.05, 0.1) is 7.11 Å². The van der Waals surface area contributed by atoms with Crippen LogP contribution in [0.1, 0.15) is 17.2 Å². The zero-order valence-electron chi connectivity index (χ0n) is 10.0. The molecule has 0 radical (unpaired) electrons. The highest BCUT2D eigenvalue weighted by molar-refractivity contribution is 9.10. The molecule has 1 unspecified atom stereocenters. The number of methoxy groups -OCH3 is 1. The van der Waals surface area contributed by atoms with Crippen LogP contribution in [-0.4, -0.2) is 12.2 Å². The Hall–Kier alpha value is -1.10. The zero-order valence-corrected chi connectivity index (χ0v) is 12.4. The van der Waals surface area contributed by atoms with Gasteiger partial charge >= 0.3 is 0 Å². The first-order valence-corrected chi connectivity index (χ1v) is 6.66. The molecule has 0 aliphatic rings. The van der Waals surface area contributed by atoms with Gasteiger partial charge < -0.3 is 9.84 Å². The molecule has 0 aliphatic heterocycles. The van der Waals surface area contributed by atoms with Gasteiger partial charge in [-0.2, -0.15) is 0 Å². The lowest BCUT2D eigenvalue weighted by Crippen LogP contribution is -2.03. The Morgan fingerprint density at radius 3 is 2.63 bits per heavy atom. The van der Waals surface area contributed by atoms with E-state index in [-0.39, 0.29) is 0 Å². The fourth-order valence-electron chi connectivity index (χ4n) is 1.80. The van der Waals surface area contributed by atoms with Crippen molar-refractivity contribution >= 4 is 27.5 Å². The first kappa shape index (κ1) is 14.3.